The number of fused-ring (bicyclic) bond motifs is 1. The van der Waals surface area contributed by atoms with Crippen LogP contribution in [-0.2, 0) is 27.9 Å². The zero-order valence-electron chi connectivity index (χ0n) is 22.4. The molecular weight excluding hydrogens is 571 g/mol. The molecule has 16 nitrogen and oxygen atoms in total. The lowest BCUT2D eigenvalue weighted by atomic mass is 9.96. The molecule has 5 atom stereocenters. The third-order valence-corrected chi connectivity index (χ3v) is 9.98. The number of nitrogen functional groups attached to an aromatic ring is 1. The summed E-state index contributed by atoms with van der Waals surface area (Å²) in [5, 5.41) is 31.2. The van der Waals surface area contributed by atoms with E-state index in [1.54, 1.807) is 13.8 Å². The lowest BCUT2D eigenvalue weighted by molar-refractivity contribution is -0.119. The molecule has 0 spiro atoms. The average molecular weight is 607 g/mol. The molecule has 2 aliphatic rings. The molecule has 0 amide bonds. The van der Waals surface area contributed by atoms with Crippen molar-refractivity contribution in [3.8, 4) is 0 Å². The van der Waals surface area contributed by atoms with Gasteiger partial charge in [0.1, 0.15) is 17.8 Å². The number of hydrogen-bond donors (Lipinski definition) is 5. The quantitative estimate of drug-likeness (QED) is 0.160. The number of aromatic amines is 1. The number of aromatic nitrogens is 4. The summed E-state index contributed by atoms with van der Waals surface area (Å²) in [5.41, 5.74) is 2.28. The van der Waals surface area contributed by atoms with E-state index in [4.69, 9.17) is 24.3 Å². The molecule has 4 heterocycles. The number of morpholine rings is 1. The molecule has 0 radical (unpaired) electrons. The molecule has 40 heavy (non-hydrogen) atoms. The minimum atomic E-state index is -3.94. The highest BCUT2D eigenvalue weighted by molar-refractivity contribution is 8.13. The number of rotatable bonds is 11. The molecule has 2 fully saturated rings. The van der Waals surface area contributed by atoms with Crippen molar-refractivity contribution in [2.45, 2.75) is 44.8 Å². The van der Waals surface area contributed by atoms with Gasteiger partial charge in [0.15, 0.2) is 22.5 Å². The second kappa shape index (κ2) is 12.1. The summed E-state index contributed by atoms with van der Waals surface area (Å²) in [5.74, 6) is 0.00289. The molecule has 6 N–H and O–H groups in total. The van der Waals surface area contributed by atoms with Gasteiger partial charge in [0.05, 0.1) is 44.8 Å². The number of H-pyrrole nitrogens is 1. The molecule has 0 aliphatic carbocycles. The number of thioether (sulfide) groups is 1. The Balaban J connectivity index is 1.46. The Morgan fingerprint density at radius 2 is 2.08 bits per heavy atom. The van der Waals surface area contributed by atoms with Gasteiger partial charge >= 0.3 is 7.75 Å². The van der Waals surface area contributed by atoms with Crippen LogP contribution < -0.4 is 11.3 Å². The standard InChI is InChI=1S/C22H35N6O10PS/c1-21(2,11-29)19(32)40-9-8-36-39(34,27-4-6-35-7-5-27)37-10-13-15(30)22(3,33)18(38-13)28-12-24-14-16(28)25-20(23)26-17(14)31/h12-13,15,18,29-30,33H,4-11H2,1-3H3,(H3,23,25,26,31). The molecule has 0 aromatic carbocycles. The van der Waals surface area contributed by atoms with Crippen molar-refractivity contribution in [2.24, 2.45) is 5.41 Å². The monoisotopic (exact) mass is 606 g/mol. The van der Waals surface area contributed by atoms with E-state index in [1.807, 2.05) is 0 Å². The van der Waals surface area contributed by atoms with Crippen LogP contribution >= 0.6 is 19.5 Å². The smallest absolute Gasteiger partial charge is 0.395 e. The van der Waals surface area contributed by atoms with Crippen molar-refractivity contribution in [2.75, 3.05) is 57.6 Å². The van der Waals surface area contributed by atoms with Gasteiger partial charge in [0, 0.05) is 18.8 Å². The molecule has 4 rings (SSSR count). The van der Waals surface area contributed by atoms with E-state index in [9.17, 15) is 29.5 Å². The average Bonchev–Trinajstić information content (AvgIpc) is 3.43. The predicted octanol–water partition coefficient (Wildman–Crippen LogP) is -0.537. The SMILES string of the molecule is CC(C)(CO)C(=O)SCCOP(=O)(OCC1OC(n2cnc3c(=O)[nH]c(N)nc32)C(C)(O)C1O)N1CCOCC1. The van der Waals surface area contributed by atoms with Gasteiger partial charge < -0.3 is 30.5 Å². The van der Waals surface area contributed by atoms with Crippen molar-refractivity contribution in [1.29, 1.82) is 0 Å². The first kappa shape index (κ1) is 31.0. The van der Waals surface area contributed by atoms with E-state index < -0.39 is 49.4 Å². The zero-order chi connectivity index (χ0) is 29.3. The Kier molecular flexibility index (Phi) is 9.41. The van der Waals surface area contributed by atoms with Gasteiger partial charge in [0.25, 0.3) is 5.56 Å². The highest BCUT2D eigenvalue weighted by Gasteiger charge is 2.54. The van der Waals surface area contributed by atoms with Gasteiger partial charge in [-0.05, 0) is 20.8 Å². The van der Waals surface area contributed by atoms with E-state index in [-0.39, 0.29) is 54.3 Å². The lowest BCUT2D eigenvalue weighted by Gasteiger charge is -2.33. The molecule has 2 saturated heterocycles. The van der Waals surface area contributed by atoms with Crippen LogP contribution in [0.1, 0.15) is 27.0 Å². The minimum Gasteiger partial charge on any atom is -0.395 e. The van der Waals surface area contributed by atoms with Crippen LogP contribution in [0.15, 0.2) is 11.1 Å². The molecule has 2 aliphatic heterocycles. The second-order valence-corrected chi connectivity index (χ2v) is 13.4. The normalized spacial score (nSPS) is 27.7. The van der Waals surface area contributed by atoms with Crippen LogP contribution in [0.3, 0.4) is 0 Å². The van der Waals surface area contributed by atoms with Gasteiger partial charge in [-0.3, -0.25) is 28.2 Å². The number of aliphatic hydroxyl groups excluding tert-OH is 2. The lowest BCUT2D eigenvalue weighted by Crippen LogP contribution is -2.44. The summed E-state index contributed by atoms with van der Waals surface area (Å²) in [4.78, 5) is 34.9. The van der Waals surface area contributed by atoms with Crippen molar-refractivity contribution >= 4 is 41.7 Å². The molecular formula is C22H35N6O10PS. The van der Waals surface area contributed by atoms with Crippen LogP contribution in [0.25, 0.3) is 11.2 Å². The van der Waals surface area contributed by atoms with Gasteiger partial charge in [-0.25, -0.2) is 14.2 Å². The van der Waals surface area contributed by atoms with Crippen molar-refractivity contribution in [3.05, 3.63) is 16.7 Å². The molecule has 18 heteroatoms. The van der Waals surface area contributed by atoms with Crippen molar-refractivity contribution < 1.29 is 43.2 Å². The van der Waals surface area contributed by atoms with E-state index in [2.05, 4.69) is 15.0 Å². The maximum Gasteiger partial charge on any atom is 0.408 e. The predicted molar refractivity (Wildman–Crippen MR) is 143 cm³/mol. The number of carbonyl (C=O) groups is 1. The molecule has 0 saturated carbocycles. The summed E-state index contributed by atoms with van der Waals surface area (Å²) in [6.45, 7) is 4.89. The number of hydrogen-bond acceptors (Lipinski definition) is 14. The summed E-state index contributed by atoms with van der Waals surface area (Å²) in [6, 6.07) is 0. The Hall–Kier alpha value is -1.92. The fourth-order valence-electron chi connectivity index (χ4n) is 4.21. The zero-order valence-corrected chi connectivity index (χ0v) is 24.1. The van der Waals surface area contributed by atoms with E-state index >= 15 is 0 Å². The third kappa shape index (κ3) is 6.28. The summed E-state index contributed by atoms with van der Waals surface area (Å²) in [6.07, 6.45) is -2.66. The number of aliphatic hydroxyl groups is 3. The van der Waals surface area contributed by atoms with Crippen LogP contribution in [0.2, 0.25) is 0 Å². The van der Waals surface area contributed by atoms with Gasteiger partial charge in [0.2, 0.25) is 5.95 Å². The summed E-state index contributed by atoms with van der Waals surface area (Å²) in [7, 11) is -3.94. The Bertz CT molecular complexity index is 1310. The molecule has 224 valence electrons. The fourth-order valence-corrected chi connectivity index (χ4v) is 6.85. The van der Waals surface area contributed by atoms with Crippen LogP contribution in [0.4, 0.5) is 5.95 Å². The third-order valence-electron chi connectivity index (χ3n) is 6.71. The largest absolute Gasteiger partial charge is 0.408 e. The molecule has 2 aromatic heterocycles. The first-order valence-corrected chi connectivity index (χ1v) is 15.1. The van der Waals surface area contributed by atoms with Gasteiger partial charge in [-0.1, -0.05) is 11.8 Å². The maximum atomic E-state index is 13.9. The van der Waals surface area contributed by atoms with Crippen molar-refractivity contribution in [3.63, 3.8) is 0 Å². The van der Waals surface area contributed by atoms with Crippen LogP contribution in [-0.4, -0.2) is 114 Å². The Morgan fingerprint density at radius 1 is 1.38 bits per heavy atom. The number of ether oxygens (including phenoxy) is 2. The topological polar surface area (TPSA) is 225 Å². The first-order valence-electron chi connectivity index (χ1n) is 12.6. The number of carbonyl (C=O) groups excluding carboxylic acids is 1. The highest BCUT2D eigenvalue weighted by Crippen LogP contribution is 2.53. The highest BCUT2D eigenvalue weighted by atomic mass is 32.2. The van der Waals surface area contributed by atoms with E-state index in [0.717, 1.165) is 11.8 Å². The summed E-state index contributed by atoms with van der Waals surface area (Å²) >= 11 is 0.951. The number of anilines is 1. The van der Waals surface area contributed by atoms with E-state index in [1.165, 1.54) is 22.5 Å². The van der Waals surface area contributed by atoms with Crippen LogP contribution in [0.5, 0.6) is 0 Å². The Labute approximate surface area is 233 Å². The fraction of sp³-hybridized carbons (Fsp3) is 0.727. The molecule has 2 aromatic rings. The number of nitrogens with one attached hydrogen (secondary N) is 1. The van der Waals surface area contributed by atoms with E-state index in [0.29, 0.717) is 13.2 Å². The summed E-state index contributed by atoms with van der Waals surface area (Å²) < 4.78 is 39.4. The van der Waals surface area contributed by atoms with Crippen molar-refractivity contribution in [1.82, 2.24) is 24.2 Å². The molecule has 5 unspecified atom stereocenters. The number of nitrogens with two attached hydrogens (primary N) is 1. The number of nitrogens with zero attached hydrogens (tertiary/aromatic N) is 4. The van der Waals surface area contributed by atoms with Gasteiger partial charge in [-0.15, -0.1) is 0 Å². The van der Waals surface area contributed by atoms with Crippen LogP contribution in [0, 0.1) is 5.41 Å². The minimum absolute atomic E-state index is 0.0354. The molecule has 0 bridgehead atoms. The Morgan fingerprint density at radius 3 is 2.75 bits per heavy atom. The van der Waals surface area contributed by atoms with Gasteiger partial charge in [-0.2, -0.15) is 4.98 Å². The first-order chi connectivity index (χ1) is 18.8. The maximum absolute atomic E-state index is 13.9. The second-order valence-electron chi connectivity index (χ2n) is 10.3. The number of imidazole rings is 1.